The van der Waals surface area contributed by atoms with Crippen LogP contribution in [0.3, 0.4) is 0 Å². The van der Waals surface area contributed by atoms with Crippen molar-refractivity contribution in [3.63, 3.8) is 0 Å². The van der Waals surface area contributed by atoms with E-state index >= 15 is 4.39 Å². The minimum absolute atomic E-state index is 0.0141. The van der Waals surface area contributed by atoms with Gasteiger partial charge < -0.3 is 29.3 Å². The van der Waals surface area contributed by atoms with Crippen molar-refractivity contribution >= 4 is 29.0 Å². The number of carboxylic acid groups (broad SMARTS) is 1. The molecule has 41 heavy (non-hydrogen) atoms. The second kappa shape index (κ2) is 11.2. The van der Waals surface area contributed by atoms with Gasteiger partial charge in [0.15, 0.2) is 0 Å². The fraction of sp³-hybridized carbons (Fsp3) is 0.310. The van der Waals surface area contributed by atoms with Crippen LogP contribution in [0.5, 0.6) is 11.5 Å². The molecule has 0 saturated carbocycles. The molecule has 8 nitrogen and oxygen atoms in total. The first-order valence-corrected chi connectivity index (χ1v) is 12.9. The Morgan fingerprint density at radius 3 is 2.27 bits per heavy atom. The molecule has 3 aromatic rings. The summed E-state index contributed by atoms with van der Waals surface area (Å²) in [6.45, 7) is 1.86. The molecule has 0 amide bonds. The summed E-state index contributed by atoms with van der Waals surface area (Å²) in [5.74, 6) is -0.881. The molecule has 0 unspecified atom stereocenters. The number of benzene rings is 3. The highest BCUT2D eigenvalue weighted by atomic mass is 19.4. The van der Waals surface area contributed by atoms with Gasteiger partial charge in [-0.15, -0.1) is 0 Å². The van der Waals surface area contributed by atoms with Gasteiger partial charge >= 0.3 is 12.1 Å². The fourth-order valence-electron chi connectivity index (χ4n) is 5.23. The molecule has 1 saturated heterocycles. The van der Waals surface area contributed by atoms with Crippen molar-refractivity contribution in [1.29, 1.82) is 0 Å². The lowest BCUT2D eigenvalue weighted by atomic mass is 9.96. The normalized spacial score (nSPS) is 17.2. The first kappa shape index (κ1) is 28.1. The number of halogens is 4. The number of guanidine groups is 1. The van der Waals surface area contributed by atoms with Gasteiger partial charge in [0.25, 0.3) is 0 Å². The molecule has 2 heterocycles. The van der Waals surface area contributed by atoms with Crippen LogP contribution in [0.25, 0.3) is 0 Å². The van der Waals surface area contributed by atoms with E-state index in [1.54, 1.807) is 13.2 Å². The molecule has 1 fully saturated rings. The number of ether oxygens (including phenoxy) is 2. The number of rotatable bonds is 6. The van der Waals surface area contributed by atoms with Crippen LogP contribution < -0.4 is 19.3 Å². The summed E-state index contributed by atoms with van der Waals surface area (Å²) in [5, 5.41) is 9.83. The molecule has 0 bridgehead atoms. The van der Waals surface area contributed by atoms with Crippen molar-refractivity contribution in [1.82, 2.24) is 4.90 Å². The van der Waals surface area contributed by atoms with Crippen LogP contribution in [0.4, 0.5) is 34.6 Å². The SMILES string of the molecule is COc1ccc(N2CCN(C3=Nc4c(F)cccc4[C@H](CC(=O)O)N3c3cc(C(F)(F)F)ccc3OC)CC2)cc1. The molecular weight excluding hydrogens is 544 g/mol. The Kier molecular flexibility index (Phi) is 7.65. The Morgan fingerprint density at radius 1 is 0.976 bits per heavy atom. The number of fused-ring (bicyclic) bond motifs is 1. The molecule has 0 aliphatic carbocycles. The topological polar surface area (TPSA) is 77.8 Å². The number of hydrogen-bond acceptors (Lipinski definition) is 7. The fourth-order valence-corrected chi connectivity index (χ4v) is 5.23. The molecule has 5 rings (SSSR count). The Labute approximate surface area is 234 Å². The number of para-hydroxylation sites is 1. The van der Waals surface area contributed by atoms with Crippen LogP contribution in [0, 0.1) is 5.82 Å². The highest BCUT2D eigenvalue weighted by Gasteiger charge is 2.40. The molecule has 216 valence electrons. The maximum absolute atomic E-state index is 15.1. The number of piperazine rings is 1. The monoisotopic (exact) mass is 572 g/mol. The lowest BCUT2D eigenvalue weighted by Gasteiger charge is -2.45. The van der Waals surface area contributed by atoms with Crippen LogP contribution in [0.2, 0.25) is 0 Å². The highest BCUT2D eigenvalue weighted by Crippen LogP contribution is 2.46. The second-order valence-electron chi connectivity index (χ2n) is 9.63. The number of hydrogen-bond donors (Lipinski definition) is 1. The van der Waals surface area contributed by atoms with E-state index < -0.39 is 36.0 Å². The van der Waals surface area contributed by atoms with E-state index in [2.05, 4.69) is 9.89 Å². The van der Waals surface area contributed by atoms with Crippen molar-refractivity contribution in [2.24, 2.45) is 4.99 Å². The van der Waals surface area contributed by atoms with Gasteiger partial charge in [-0.1, -0.05) is 12.1 Å². The van der Waals surface area contributed by atoms with Crippen molar-refractivity contribution in [2.75, 3.05) is 50.2 Å². The number of aliphatic imine (C=N–C) groups is 1. The van der Waals surface area contributed by atoms with Gasteiger partial charge in [-0.05, 0) is 48.5 Å². The zero-order chi connectivity index (χ0) is 29.3. The average Bonchev–Trinajstić information content (AvgIpc) is 2.96. The number of carboxylic acids is 1. The van der Waals surface area contributed by atoms with Gasteiger partial charge in [0.1, 0.15) is 23.0 Å². The van der Waals surface area contributed by atoms with Crippen molar-refractivity contribution < 1.29 is 36.9 Å². The minimum Gasteiger partial charge on any atom is -0.497 e. The zero-order valence-corrected chi connectivity index (χ0v) is 22.4. The third-order valence-electron chi connectivity index (χ3n) is 7.25. The Morgan fingerprint density at radius 2 is 1.66 bits per heavy atom. The summed E-state index contributed by atoms with van der Waals surface area (Å²) in [6.07, 6.45) is -5.18. The van der Waals surface area contributed by atoms with Crippen molar-refractivity contribution in [2.45, 2.75) is 18.6 Å². The molecule has 2 aliphatic heterocycles. The van der Waals surface area contributed by atoms with E-state index in [4.69, 9.17) is 9.47 Å². The standard InChI is InChI=1S/C29H28F4N4O4/c1-40-20-9-7-19(8-10-20)35-12-14-36(15-13-35)28-34-27-21(4-3-5-22(27)30)23(17-26(38)39)37(28)24-16-18(29(31,32)33)6-11-25(24)41-2/h3-11,16,23H,12-15,17H2,1-2H3,(H,38,39)/t23-/m0/s1. The Hall–Kier alpha value is -4.48. The van der Waals surface area contributed by atoms with Gasteiger partial charge in [0, 0.05) is 37.4 Å². The molecule has 3 aromatic carbocycles. The van der Waals surface area contributed by atoms with Gasteiger partial charge in [-0.3, -0.25) is 4.79 Å². The van der Waals surface area contributed by atoms with E-state index in [1.165, 1.54) is 30.2 Å². The van der Waals surface area contributed by atoms with Crippen LogP contribution in [0.15, 0.2) is 65.7 Å². The number of carbonyl (C=O) groups is 1. The van der Waals surface area contributed by atoms with E-state index in [0.717, 1.165) is 23.6 Å². The van der Waals surface area contributed by atoms with Gasteiger partial charge in [0.05, 0.1) is 37.9 Å². The van der Waals surface area contributed by atoms with Crippen molar-refractivity contribution in [3.8, 4) is 11.5 Å². The maximum Gasteiger partial charge on any atom is 0.416 e. The Balaban J connectivity index is 1.59. The molecule has 0 spiro atoms. The quantitative estimate of drug-likeness (QED) is 0.380. The molecule has 1 N–H and O–H groups in total. The van der Waals surface area contributed by atoms with E-state index in [1.807, 2.05) is 29.2 Å². The largest absolute Gasteiger partial charge is 0.497 e. The minimum atomic E-state index is -4.66. The maximum atomic E-state index is 15.1. The van der Waals surface area contributed by atoms with Crippen molar-refractivity contribution in [3.05, 3.63) is 77.6 Å². The highest BCUT2D eigenvalue weighted by molar-refractivity contribution is 6.02. The van der Waals surface area contributed by atoms with Gasteiger partial charge in [-0.25, -0.2) is 9.38 Å². The number of alkyl halides is 3. The predicted octanol–water partition coefficient (Wildman–Crippen LogP) is 5.71. The van der Waals surface area contributed by atoms with Crippen LogP contribution >= 0.6 is 0 Å². The average molecular weight is 573 g/mol. The molecule has 12 heteroatoms. The van der Waals surface area contributed by atoms with Gasteiger partial charge in [-0.2, -0.15) is 13.2 Å². The third kappa shape index (κ3) is 5.59. The summed E-state index contributed by atoms with van der Waals surface area (Å²) >= 11 is 0. The lowest BCUT2D eigenvalue weighted by Crippen LogP contribution is -2.55. The molecular formula is C29H28F4N4O4. The molecule has 0 radical (unpaired) electrons. The summed E-state index contributed by atoms with van der Waals surface area (Å²) in [4.78, 5) is 22.1. The third-order valence-corrected chi connectivity index (χ3v) is 7.25. The summed E-state index contributed by atoms with van der Waals surface area (Å²) in [7, 11) is 2.91. The summed E-state index contributed by atoms with van der Waals surface area (Å²) in [6, 6.07) is 13.7. The van der Waals surface area contributed by atoms with Crippen LogP contribution in [-0.4, -0.2) is 62.3 Å². The predicted molar refractivity (Wildman–Crippen MR) is 146 cm³/mol. The van der Waals surface area contributed by atoms with E-state index in [0.29, 0.717) is 26.2 Å². The first-order chi connectivity index (χ1) is 19.6. The molecule has 2 aliphatic rings. The molecule has 0 aromatic heterocycles. The van der Waals surface area contributed by atoms with Gasteiger partial charge in [0.2, 0.25) is 5.96 Å². The number of aliphatic carboxylic acids is 1. The van der Waals surface area contributed by atoms with Crippen LogP contribution in [0.1, 0.15) is 23.6 Å². The number of anilines is 2. The van der Waals surface area contributed by atoms with E-state index in [9.17, 15) is 23.1 Å². The van der Waals surface area contributed by atoms with Crippen LogP contribution in [-0.2, 0) is 11.0 Å². The van der Waals surface area contributed by atoms with E-state index in [-0.39, 0.29) is 28.6 Å². The Bertz CT molecular complexity index is 1450. The lowest BCUT2D eigenvalue weighted by molar-refractivity contribution is -0.138. The zero-order valence-electron chi connectivity index (χ0n) is 22.4. The summed E-state index contributed by atoms with van der Waals surface area (Å²) < 4.78 is 67.2. The molecule has 1 atom stereocenters. The summed E-state index contributed by atoms with van der Waals surface area (Å²) in [5.41, 5.74) is 0.240. The smallest absolute Gasteiger partial charge is 0.416 e. The second-order valence-corrected chi connectivity index (χ2v) is 9.63. The number of nitrogens with zero attached hydrogens (tertiary/aromatic N) is 4. The first-order valence-electron chi connectivity index (χ1n) is 12.9. The number of methoxy groups -OCH3 is 2.